The van der Waals surface area contributed by atoms with Crippen LogP contribution in [0.25, 0.3) is 10.9 Å². The maximum absolute atomic E-state index is 12.9. The van der Waals surface area contributed by atoms with E-state index in [2.05, 4.69) is 4.98 Å². The number of aryl methyl sites for hydroxylation is 1. The molecule has 0 radical (unpaired) electrons. The van der Waals surface area contributed by atoms with Gasteiger partial charge in [-0.05, 0) is 50.6 Å². The number of hydrogen-bond donors (Lipinski definition) is 2. The molecule has 3 N–H and O–H groups in total. The topological polar surface area (TPSA) is 124 Å². The molecule has 2 aromatic heterocycles. The fourth-order valence-corrected chi connectivity index (χ4v) is 4.51. The van der Waals surface area contributed by atoms with Gasteiger partial charge in [0.15, 0.2) is 6.10 Å². The second-order valence-corrected chi connectivity index (χ2v) is 9.78. The van der Waals surface area contributed by atoms with Crippen LogP contribution < -0.4 is 5.14 Å². The average molecular weight is 480 g/mol. The Bertz CT molecular complexity index is 1500. The normalized spacial score (nSPS) is 12.6. The minimum absolute atomic E-state index is 0.0373. The molecule has 0 spiro atoms. The number of benzene rings is 2. The van der Waals surface area contributed by atoms with E-state index >= 15 is 0 Å². The van der Waals surface area contributed by atoms with Crippen LogP contribution in [0.3, 0.4) is 0 Å². The number of sulfonamides is 1. The molecule has 0 bridgehead atoms. The maximum Gasteiger partial charge on any atom is 0.340 e. The second-order valence-electron chi connectivity index (χ2n) is 8.22. The van der Waals surface area contributed by atoms with Gasteiger partial charge in [0.05, 0.1) is 10.5 Å². The van der Waals surface area contributed by atoms with Crippen molar-refractivity contribution in [1.29, 1.82) is 0 Å². The quantitative estimate of drug-likeness (QED) is 0.309. The van der Waals surface area contributed by atoms with Crippen molar-refractivity contribution in [2.24, 2.45) is 5.14 Å². The number of ketones is 1. The van der Waals surface area contributed by atoms with Gasteiger partial charge in [-0.15, -0.1) is 0 Å². The first-order valence-electron chi connectivity index (χ1n) is 10.7. The Kier molecular flexibility index (Phi) is 6.16. The third kappa shape index (κ3) is 4.52. The number of aromatic amines is 1. The number of rotatable bonds is 7. The maximum atomic E-state index is 12.9. The van der Waals surface area contributed by atoms with Gasteiger partial charge in [-0.3, -0.25) is 4.79 Å². The molecule has 0 amide bonds. The molecule has 0 aliphatic carbocycles. The summed E-state index contributed by atoms with van der Waals surface area (Å²) >= 11 is 0. The number of Topliss-reactive ketones (excluding diaryl/α,β-unsaturated/α-hetero) is 1. The first kappa shape index (κ1) is 23.5. The van der Waals surface area contributed by atoms with E-state index in [1.807, 2.05) is 35.8 Å². The Balaban J connectivity index is 1.51. The van der Waals surface area contributed by atoms with Gasteiger partial charge in [0.25, 0.3) is 0 Å². The third-order valence-corrected chi connectivity index (χ3v) is 6.82. The van der Waals surface area contributed by atoms with E-state index in [1.54, 1.807) is 38.2 Å². The van der Waals surface area contributed by atoms with Crippen LogP contribution in [0, 0.1) is 13.8 Å². The zero-order chi connectivity index (χ0) is 24.6. The molecule has 0 saturated heterocycles. The van der Waals surface area contributed by atoms with Gasteiger partial charge in [0, 0.05) is 40.6 Å². The van der Waals surface area contributed by atoms with Gasteiger partial charge >= 0.3 is 5.97 Å². The van der Waals surface area contributed by atoms with Crippen molar-refractivity contribution in [1.82, 2.24) is 9.55 Å². The predicted octanol–water partition coefficient (Wildman–Crippen LogP) is 3.71. The van der Waals surface area contributed by atoms with Gasteiger partial charge < -0.3 is 14.3 Å². The van der Waals surface area contributed by atoms with E-state index in [0.29, 0.717) is 23.4 Å². The molecule has 4 rings (SSSR count). The van der Waals surface area contributed by atoms with Crippen LogP contribution >= 0.6 is 0 Å². The Labute approximate surface area is 197 Å². The first-order valence-corrected chi connectivity index (χ1v) is 12.2. The lowest BCUT2D eigenvalue weighted by atomic mass is 10.1. The number of primary sulfonamides is 1. The van der Waals surface area contributed by atoms with Crippen molar-refractivity contribution in [3.05, 3.63) is 88.9 Å². The summed E-state index contributed by atoms with van der Waals surface area (Å²) in [6, 6.07) is 15.4. The number of para-hydroxylation sites is 1. The fourth-order valence-electron chi connectivity index (χ4n) is 3.99. The van der Waals surface area contributed by atoms with E-state index in [-0.39, 0.29) is 10.7 Å². The molecule has 0 fully saturated rings. The van der Waals surface area contributed by atoms with Gasteiger partial charge in [0.1, 0.15) is 0 Å². The summed E-state index contributed by atoms with van der Waals surface area (Å²) < 4.78 is 30.4. The summed E-state index contributed by atoms with van der Waals surface area (Å²) in [4.78, 5) is 28.9. The monoisotopic (exact) mass is 479 g/mol. The van der Waals surface area contributed by atoms with Crippen LogP contribution in [0.2, 0.25) is 0 Å². The molecule has 176 valence electrons. The minimum atomic E-state index is -3.76. The van der Waals surface area contributed by atoms with Gasteiger partial charge in [-0.25, -0.2) is 18.4 Å². The number of carbonyl (C=O) groups is 2. The molecule has 1 unspecified atom stereocenters. The highest BCUT2D eigenvalue weighted by Gasteiger charge is 2.25. The summed E-state index contributed by atoms with van der Waals surface area (Å²) in [5.41, 5.74) is 4.05. The lowest BCUT2D eigenvalue weighted by Gasteiger charge is -2.13. The highest BCUT2D eigenvalue weighted by Crippen LogP contribution is 2.22. The largest absolute Gasteiger partial charge is 0.451 e. The molecular weight excluding hydrogens is 454 g/mol. The minimum Gasteiger partial charge on any atom is -0.451 e. The Morgan fingerprint density at radius 3 is 2.41 bits per heavy atom. The third-order valence-electron chi connectivity index (χ3n) is 5.89. The fraction of sp³-hybridized carbons (Fsp3) is 0.200. The summed E-state index contributed by atoms with van der Waals surface area (Å²) in [6.07, 6.45) is 0.671. The van der Waals surface area contributed by atoms with Crippen LogP contribution in [0.1, 0.15) is 44.6 Å². The summed E-state index contributed by atoms with van der Waals surface area (Å²) in [7, 11) is -3.76. The average Bonchev–Trinajstić information content (AvgIpc) is 3.35. The van der Waals surface area contributed by atoms with Crippen LogP contribution in [0.5, 0.6) is 0 Å². The van der Waals surface area contributed by atoms with Crippen molar-refractivity contribution in [2.75, 3.05) is 0 Å². The zero-order valence-corrected chi connectivity index (χ0v) is 19.8. The van der Waals surface area contributed by atoms with Crippen molar-refractivity contribution in [3.63, 3.8) is 0 Å². The molecule has 34 heavy (non-hydrogen) atoms. The zero-order valence-electron chi connectivity index (χ0n) is 19.0. The van der Waals surface area contributed by atoms with E-state index in [0.717, 1.165) is 22.2 Å². The number of nitrogens with one attached hydrogen (secondary N) is 1. The second kappa shape index (κ2) is 8.92. The highest BCUT2D eigenvalue weighted by atomic mass is 32.2. The van der Waals surface area contributed by atoms with E-state index in [9.17, 15) is 18.0 Å². The lowest BCUT2D eigenvalue weighted by molar-refractivity contribution is 0.0318. The predicted molar refractivity (Wildman–Crippen MR) is 128 cm³/mol. The van der Waals surface area contributed by atoms with Crippen LogP contribution in [0.4, 0.5) is 0 Å². The highest BCUT2D eigenvalue weighted by molar-refractivity contribution is 7.89. The van der Waals surface area contributed by atoms with Crippen molar-refractivity contribution >= 4 is 32.7 Å². The molecule has 0 saturated carbocycles. The molecule has 0 aliphatic heterocycles. The molecule has 4 aromatic rings. The van der Waals surface area contributed by atoms with Crippen LogP contribution in [-0.2, 0) is 21.3 Å². The molecule has 2 heterocycles. The number of carbonyl (C=O) groups excluding carboxylic acids is 2. The lowest BCUT2D eigenvalue weighted by Crippen LogP contribution is -2.24. The van der Waals surface area contributed by atoms with Crippen molar-refractivity contribution in [2.45, 2.75) is 38.3 Å². The molecule has 9 heteroatoms. The number of nitrogens with two attached hydrogens (primary N) is 1. The Morgan fingerprint density at radius 1 is 1.06 bits per heavy atom. The standard InChI is InChI=1S/C25H25N3O5S/c1-15-12-21(16(2)28(15)14-18-8-10-19(11-9-18)34(26,31)32)25(30)33-17(3)24(29)22-13-27-23-7-5-4-6-20(22)23/h4-13,17,27H,14H2,1-3H3,(H2,26,31,32). The molecule has 1 atom stereocenters. The Morgan fingerprint density at radius 2 is 1.74 bits per heavy atom. The number of fused-ring (bicyclic) bond motifs is 1. The Hall–Kier alpha value is -3.69. The molecular formula is C25H25N3O5S. The van der Waals surface area contributed by atoms with Gasteiger partial charge in [-0.1, -0.05) is 30.3 Å². The molecule has 2 aromatic carbocycles. The van der Waals surface area contributed by atoms with Gasteiger partial charge in [0.2, 0.25) is 15.8 Å². The van der Waals surface area contributed by atoms with Gasteiger partial charge in [-0.2, -0.15) is 0 Å². The number of esters is 1. The summed E-state index contributed by atoms with van der Waals surface area (Å²) in [5, 5.41) is 5.93. The van der Waals surface area contributed by atoms with Crippen LogP contribution in [0.15, 0.2) is 65.7 Å². The van der Waals surface area contributed by atoms with E-state index in [4.69, 9.17) is 9.88 Å². The van der Waals surface area contributed by atoms with E-state index < -0.39 is 22.1 Å². The number of nitrogens with zero attached hydrogens (tertiary/aromatic N) is 1. The number of ether oxygens (including phenoxy) is 1. The first-order chi connectivity index (χ1) is 16.1. The van der Waals surface area contributed by atoms with Crippen molar-refractivity contribution in [3.8, 4) is 0 Å². The number of hydrogen-bond acceptors (Lipinski definition) is 5. The smallest absolute Gasteiger partial charge is 0.340 e. The SMILES string of the molecule is Cc1cc(C(=O)OC(C)C(=O)c2c[nH]c3ccccc23)c(C)n1Cc1ccc(S(N)(=O)=O)cc1. The molecule has 8 nitrogen and oxygen atoms in total. The van der Waals surface area contributed by atoms with E-state index in [1.165, 1.54) is 12.1 Å². The van der Waals surface area contributed by atoms with Crippen molar-refractivity contribution < 1.29 is 22.7 Å². The van der Waals surface area contributed by atoms with Crippen LogP contribution in [-0.4, -0.2) is 35.8 Å². The summed E-state index contributed by atoms with van der Waals surface area (Å²) in [6.45, 7) is 5.66. The number of H-pyrrole nitrogens is 1. The molecule has 0 aliphatic rings. The number of aromatic nitrogens is 2. The summed E-state index contributed by atoms with van der Waals surface area (Å²) in [5.74, 6) is -0.862.